The second-order valence-electron chi connectivity index (χ2n) is 2.68. The lowest BCUT2D eigenvalue weighted by Gasteiger charge is -2.10. The first-order chi connectivity index (χ1) is 6.54. The van der Waals surface area contributed by atoms with Gasteiger partial charge < -0.3 is 5.73 Å². The van der Waals surface area contributed by atoms with Gasteiger partial charge in [-0.1, -0.05) is 18.2 Å². The highest BCUT2D eigenvalue weighted by atomic mass is 19.3. The van der Waals surface area contributed by atoms with Gasteiger partial charge in [-0.15, -0.1) is 0 Å². The third-order valence-electron chi connectivity index (χ3n) is 1.76. The summed E-state index contributed by atoms with van der Waals surface area (Å²) < 4.78 is 24.4. The molecule has 1 rings (SSSR count). The lowest BCUT2D eigenvalue weighted by Crippen LogP contribution is -2.20. The lowest BCUT2D eigenvalue weighted by molar-refractivity contribution is -0.385. The summed E-state index contributed by atoms with van der Waals surface area (Å²) in [5, 5.41) is 10.5. The summed E-state index contributed by atoms with van der Waals surface area (Å²) in [7, 11) is 0. The molecule has 14 heavy (non-hydrogen) atoms. The molecule has 0 heterocycles. The maximum atomic E-state index is 12.2. The Balaban J connectivity index is 3.13. The van der Waals surface area contributed by atoms with E-state index < -0.39 is 17.4 Å². The number of nitrogens with zero attached hydrogens (tertiary/aromatic N) is 1. The molecule has 0 saturated carbocycles. The first-order valence-corrected chi connectivity index (χ1v) is 3.81. The minimum absolute atomic E-state index is 0.146. The number of nitro groups is 1. The molecule has 0 spiro atoms. The molecule has 1 unspecified atom stereocenters. The van der Waals surface area contributed by atoms with E-state index in [2.05, 4.69) is 0 Å². The average Bonchev–Trinajstić information content (AvgIpc) is 2.16. The molecular weight excluding hydrogens is 194 g/mol. The van der Waals surface area contributed by atoms with Crippen LogP contribution in [0.5, 0.6) is 0 Å². The zero-order valence-corrected chi connectivity index (χ0v) is 7.06. The number of rotatable bonds is 3. The fraction of sp³-hybridized carbons (Fsp3) is 0.250. The van der Waals surface area contributed by atoms with E-state index in [9.17, 15) is 18.9 Å². The highest BCUT2D eigenvalue weighted by Gasteiger charge is 2.25. The predicted molar refractivity (Wildman–Crippen MR) is 46.0 cm³/mol. The highest BCUT2D eigenvalue weighted by molar-refractivity contribution is 5.42. The van der Waals surface area contributed by atoms with Gasteiger partial charge in [0, 0.05) is 6.07 Å². The Kier molecular flexibility index (Phi) is 3.08. The van der Waals surface area contributed by atoms with Crippen molar-refractivity contribution in [2.45, 2.75) is 12.5 Å². The second-order valence-corrected chi connectivity index (χ2v) is 2.68. The molecule has 0 amide bonds. The van der Waals surface area contributed by atoms with Crippen LogP contribution in [0.25, 0.3) is 0 Å². The van der Waals surface area contributed by atoms with Crippen molar-refractivity contribution in [3.8, 4) is 0 Å². The summed E-state index contributed by atoms with van der Waals surface area (Å²) in [6.07, 6.45) is -2.81. The zero-order chi connectivity index (χ0) is 10.7. The number of hydrogen-bond acceptors (Lipinski definition) is 3. The van der Waals surface area contributed by atoms with Crippen LogP contribution in [0.15, 0.2) is 24.3 Å². The Labute approximate surface area is 78.5 Å². The summed E-state index contributed by atoms with van der Waals surface area (Å²) >= 11 is 0. The fourth-order valence-corrected chi connectivity index (χ4v) is 1.07. The van der Waals surface area contributed by atoms with Crippen molar-refractivity contribution >= 4 is 5.69 Å². The molecule has 6 heteroatoms. The van der Waals surface area contributed by atoms with Crippen LogP contribution in [0.2, 0.25) is 0 Å². The van der Waals surface area contributed by atoms with Gasteiger partial charge in [0.05, 0.1) is 16.5 Å². The largest absolute Gasteiger partial charge is 0.319 e. The van der Waals surface area contributed by atoms with E-state index in [1.165, 1.54) is 18.2 Å². The van der Waals surface area contributed by atoms with Crippen molar-refractivity contribution in [1.29, 1.82) is 0 Å². The van der Waals surface area contributed by atoms with Crippen LogP contribution in [0, 0.1) is 10.1 Å². The quantitative estimate of drug-likeness (QED) is 0.600. The van der Waals surface area contributed by atoms with Crippen LogP contribution in [0.1, 0.15) is 11.6 Å². The van der Waals surface area contributed by atoms with Gasteiger partial charge in [-0.05, 0) is 0 Å². The van der Waals surface area contributed by atoms with Crippen LogP contribution in [0.4, 0.5) is 14.5 Å². The number of nitro benzene ring substituents is 1. The normalized spacial score (nSPS) is 12.9. The highest BCUT2D eigenvalue weighted by Crippen LogP contribution is 2.26. The first-order valence-electron chi connectivity index (χ1n) is 3.81. The molecule has 0 fully saturated rings. The smallest absolute Gasteiger partial charge is 0.274 e. The molecule has 1 atom stereocenters. The molecule has 0 aromatic heterocycles. The van der Waals surface area contributed by atoms with Gasteiger partial charge in [0.15, 0.2) is 0 Å². The maximum Gasteiger partial charge on any atom is 0.274 e. The van der Waals surface area contributed by atoms with E-state index in [4.69, 9.17) is 5.73 Å². The zero-order valence-electron chi connectivity index (χ0n) is 7.06. The fourth-order valence-electron chi connectivity index (χ4n) is 1.07. The lowest BCUT2D eigenvalue weighted by atomic mass is 10.1. The van der Waals surface area contributed by atoms with Gasteiger partial charge in [0.2, 0.25) is 0 Å². The number of halogens is 2. The summed E-state index contributed by atoms with van der Waals surface area (Å²) in [5.41, 5.74) is 4.60. The van der Waals surface area contributed by atoms with E-state index in [1.807, 2.05) is 0 Å². The Morgan fingerprint density at radius 1 is 1.36 bits per heavy atom. The van der Waals surface area contributed by atoms with Crippen molar-refractivity contribution in [2.24, 2.45) is 5.73 Å². The van der Waals surface area contributed by atoms with Crippen molar-refractivity contribution < 1.29 is 13.7 Å². The van der Waals surface area contributed by atoms with E-state index in [0.29, 0.717) is 0 Å². The van der Waals surface area contributed by atoms with Crippen LogP contribution >= 0.6 is 0 Å². The number of hydrogen-bond donors (Lipinski definition) is 1. The minimum Gasteiger partial charge on any atom is -0.319 e. The van der Waals surface area contributed by atoms with Crippen molar-refractivity contribution in [1.82, 2.24) is 0 Å². The third-order valence-corrected chi connectivity index (χ3v) is 1.76. The summed E-state index contributed by atoms with van der Waals surface area (Å²) in [4.78, 5) is 9.73. The molecule has 0 saturated heterocycles. The minimum atomic E-state index is -2.81. The van der Waals surface area contributed by atoms with Gasteiger partial charge >= 0.3 is 0 Å². The first kappa shape index (κ1) is 10.5. The summed E-state index contributed by atoms with van der Waals surface area (Å²) in [5.74, 6) is 0. The van der Waals surface area contributed by atoms with E-state index >= 15 is 0 Å². The summed E-state index contributed by atoms with van der Waals surface area (Å²) in [6.45, 7) is 0. The molecule has 0 radical (unpaired) electrons. The van der Waals surface area contributed by atoms with Crippen molar-refractivity contribution in [3.05, 3.63) is 39.9 Å². The molecule has 76 valence electrons. The topological polar surface area (TPSA) is 69.2 Å². The molecule has 1 aromatic rings. The van der Waals surface area contributed by atoms with Gasteiger partial charge in [-0.2, -0.15) is 0 Å². The molecule has 0 aliphatic carbocycles. The van der Waals surface area contributed by atoms with Gasteiger partial charge in [-0.25, -0.2) is 8.78 Å². The monoisotopic (exact) mass is 202 g/mol. The Bertz CT molecular complexity index is 344. The maximum absolute atomic E-state index is 12.2. The molecule has 4 nitrogen and oxygen atoms in total. The Morgan fingerprint density at radius 2 is 1.93 bits per heavy atom. The Hall–Kier alpha value is -1.56. The average molecular weight is 202 g/mol. The van der Waals surface area contributed by atoms with Crippen LogP contribution in [-0.4, -0.2) is 11.3 Å². The van der Waals surface area contributed by atoms with Crippen molar-refractivity contribution in [3.63, 3.8) is 0 Å². The summed E-state index contributed by atoms with van der Waals surface area (Å²) in [6, 6.07) is 3.60. The van der Waals surface area contributed by atoms with E-state index in [-0.39, 0.29) is 11.3 Å². The van der Waals surface area contributed by atoms with Crippen LogP contribution < -0.4 is 5.73 Å². The number of alkyl halides is 2. The van der Waals surface area contributed by atoms with E-state index in [1.54, 1.807) is 0 Å². The number of nitrogens with two attached hydrogens (primary N) is 1. The van der Waals surface area contributed by atoms with Crippen LogP contribution in [0.3, 0.4) is 0 Å². The van der Waals surface area contributed by atoms with Crippen LogP contribution in [-0.2, 0) is 0 Å². The molecule has 1 aromatic carbocycles. The SMILES string of the molecule is NC(c1ccccc1[N+](=O)[O-])C(F)F. The van der Waals surface area contributed by atoms with Gasteiger partial charge in [-0.3, -0.25) is 10.1 Å². The molecule has 2 N–H and O–H groups in total. The Morgan fingerprint density at radius 3 is 2.43 bits per heavy atom. The molecule has 0 bridgehead atoms. The molecular formula is C8H8F2N2O2. The standard InChI is InChI=1S/C8H8F2N2O2/c9-8(10)7(11)5-3-1-2-4-6(5)12(13)14/h1-4,7-8H,11H2. The number of benzene rings is 1. The van der Waals surface area contributed by atoms with Gasteiger partial charge in [0.1, 0.15) is 0 Å². The van der Waals surface area contributed by atoms with Crippen molar-refractivity contribution in [2.75, 3.05) is 0 Å². The van der Waals surface area contributed by atoms with Gasteiger partial charge in [0.25, 0.3) is 12.1 Å². The van der Waals surface area contributed by atoms with E-state index in [0.717, 1.165) is 6.07 Å². The second kappa shape index (κ2) is 4.10. The number of para-hydroxylation sites is 1. The third kappa shape index (κ3) is 2.02. The molecule has 0 aliphatic rings. The molecule has 0 aliphatic heterocycles. The predicted octanol–water partition coefficient (Wildman–Crippen LogP) is 1.86.